The van der Waals surface area contributed by atoms with Gasteiger partial charge < -0.3 is 65.6 Å². The number of hydrogen-bond acceptors (Lipinski definition) is 6. The Kier molecular flexibility index (Phi) is 16.9. The largest absolute Gasteiger partial charge is 4.00 e. The number of halogens is 3. The number of benzene rings is 3. The van der Waals surface area contributed by atoms with Gasteiger partial charge in [-0.25, -0.2) is 0 Å². The van der Waals surface area contributed by atoms with E-state index in [0.29, 0.717) is 0 Å². The molecule has 0 spiro atoms. The first kappa shape index (κ1) is 44.6. The first-order valence-corrected chi connectivity index (χ1v) is 16.4. The van der Waals surface area contributed by atoms with Crippen molar-refractivity contribution in [1.29, 1.82) is 0 Å². The van der Waals surface area contributed by atoms with E-state index in [-0.39, 0.29) is 58.9 Å². The number of ether oxygens (including phenoxy) is 6. The van der Waals surface area contributed by atoms with Gasteiger partial charge in [0, 0.05) is 0 Å². The Bertz CT molecular complexity index is 1510. The summed E-state index contributed by atoms with van der Waals surface area (Å²) in [6.07, 6.45) is 0. The van der Waals surface area contributed by atoms with Crippen molar-refractivity contribution in [2.75, 3.05) is 42.7 Å². The van der Waals surface area contributed by atoms with Crippen molar-refractivity contribution >= 4 is 28.8 Å². The molecule has 0 saturated heterocycles. The molecular formula is C36H45Cl3O6SiTi. The van der Waals surface area contributed by atoms with Crippen LogP contribution in [0.25, 0.3) is 0 Å². The molecule has 6 nitrogen and oxygen atoms in total. The van der Waals surface area contributed by atoms with Gasteiger partial charge in [0.15, 0.2) is 0 Å². The van der Waals surface area contributed by atoms with Gasteiger partial charge in [-0.3, -0.25) is 0 Å². The molecule has 0 unspecified atom stereocenters. The molecule has 11 heteroatoms. The number of rotatable bonds is 10. The van der Waals surface area contributed by atoms with Gasteiger partial charge in [-0.1, -0.05) is 27.7 Å². The molecule has 0 heterocycles. The van der Waals surface area contributed by atoms with Crippen LogP contribution in [0.3, 0.4) is 0 Å². The van der Waals surface area contributed by atoms with Crippen LogP contribution in [0.4, 0.5) is 0 Å². The van der Waals surface area contributed by atoms with E-state index < -0.39 is 8.07 Å². The van der Waals surface area contributed by atoms with Crippen LogP contribution >= 0.6 is 0 Å². The summed E-state index contributed by atoms with van der Waals surface area (Å²) in [5.41, 5.74) is 8.00. The minimum Gasteiger partial charge on any atom is -1.00 e. The first-order valence-electron chi connectivity index (χ1n) is 14.4. The fourth-order valence-corrected chi connectivity index (χ4v) is 13.8. The zero-order valence-corrected chi connectivity index (χ0v) is 34.4. The van der Waals surface area contributed by atoms with Crippen LogP contribution in [-0.2, 0) is 21.7 Å². The zero-order valence-electron chi connectivity index (χ0n) is 29.5. The van der Waals surface area contributed by atoms with Gasteiger partial charge >= 0.3 is 21.7 Å². The van der Waals surface area contributed by atoms with Gasteiger partial charge in [0.05, 0.1) is 42.7 Å². The molecule has 4 aromatic rings. The van der Waals surface area contributed by atoms with E-state index >= 15 is 0 Å². The smallest absolute Gasteiger partial charge is 1.00 e. The van der Waals surface area contributed by atoms with Crippen molar-refractivity contribution in [3.05, 3.63) is 75.3 Å². The Morgan fingerprint density at radius 3 is 0.809 bits per heavy atom. The Balaban J connectivity index is 0.00000529. The first-order chi connectivity index (χ1) is 20.5. The van der Waals surface area contributed by atoms with Crippen LogP contribution in [0, 0.1) is 48.5 Å². The summed E-state index contributed by atoms with van der Waals surface area (Å²) in [4.78, 5) is 0. The van der Waals surface area contributed by atoms with Crippen LogP contribution in [0.1, 0.15) is 38.9 Å². The normalized spacial score (nSPS) is 10.4. The molecule has 4 aromatic carbocycles. The number of methoxy groups -OCH3 is 6. The van der Waals surface area contributed by atoms with Gasteiger partial charge in [0.1, 0.15) is 42.6 Å². The third kappa shape index (κ3) is 6.90. The molecular weight excluding hydrogens is 711 g/mol. The van der Waals surface area contributed by atoms with Crippen molar-refractivity contribution in [2.45, 2.75) is 48.5 Å². The van der Waals surface area contributed by atoms with E-state index in [9.17, 15) is 0 Å². The molecule has 254 valence electrons. The summed E-state index contributed by atoms with van der Waals surface area (Å²) in [5.74, 6) is 4.66. The summed E-state index contributed by atoms with van der Waals surface area (Å²) in [6, 6.07) is 12.0. The maximum Gasteiger partial charge on any atom is 4.00 e. The molecule has 0 aliphatic rings. The summed E-state index contributed by atoms with van der Waals surface area (Å²) in [5, 5.41) is 4.46. The minimum absolute atomic E-state index is 0. The minimum atomic E-state index is -3.49. The second-order valence-electron chi connectivity index (χ2n) is 11.0. The molecule has 0 fully saturated rings. The van der Waals surface area contributed by atoms with Crippen molar-refractivity contribution in [3.8, 4) is 34.5 Å². The molecule has 0 aromatic heterocycles. The fraction of sp³-hybridized carbons (Fsp3) is 0.361. The third-order valence-corrected chi connectivity index (χ3v) is 15.0. The van der Waals surface area contributed by atoms with Gasteiger partial charge in [-0.05, 0) is 89.4 Å². The van der Waals surface area contributed by atoms with Crippen molar-refractivity contribution in [2.24, 2.45) is 0 Å². The Labute approximate surface area is 315 Å². The van der Waals surface area contributed by atoms with E-state index in [1.54, 1.807) is 42.7 Å². The molecule has 0 atom stereocenters. The monoisotopic (exact) mass is 754 g/mol. The Morgan fingerprint density at radius 2 is 0.596 bits per heavy atom. The molecule has 0 N–H and O–H groups in total. The van der Waals surface area contributed by atoms with Gasteiger partial charge in [-0.15, -0.1) is 5.19 Å². The average molecular weight is 756 g/mol. The summed E-state index contributed by atoms with van der Waals surface area (Å²) >= 11 is 0. The van der Waals surface area contributed by atoms with Crippen molar-refractivity contribution < 1.29 is 87.4 Å². The van der Waals surface area contributed by atoms with Crippen LogP contribution in [0.2, 0.25) is 0 Å². The van der Waals surface area contributed by atoms with Crippen molar-refractivity contribution in [3.63, 3.8) is 0 Å². The van der Waals surface area contributed by atoms with E-state index in [2.05, 4.69) is 48.5 Å². The molecule has 0 radical (unpaired) electrons. The van der Waals surface area contributed by atoms with E-state index in [0.717, 1.165) is 66.7 Å². The molecule has 0 saturated carbocycles. The molecule has 4 rings (SSSR count). The molecule has 0 aliphatic heterocycles. The predicted molar refractivity (Wildman–Crippen MR) is 178 cm³/mol. The van der Waals surface area contributed by atoms with Gasteiger partial charge in [0.2, 0.25) is 0 Å². The third-order valence-electron chi connectivity index (χ3n) is 9.39. The van der Waals surface area contributed by atoms with Gasteiger partial charge in [-0.2, -0.15) is 22.3 Å². The second kappa shape index (κ2) is 17.8. The standard InChI is InChI=1S/C36H45O6Si.3ClH.Ti/c1-20-21(2)23(4)33(22(20)3)43(34-24(5)27(37-8)14-17-30(34)40-11,35-25(6)28(38-9)15-18-31(35)41-12)36-26(7)29(39-10)16-19-32(36)42-13;;;;/h14-19H,1-13H3;3*1H;/q-1;;;;+4/p-3. The van der Waals surface area contributed by atoms with Gasteiger partial charge in [0.25, 0.3) is 0 Å². The fourth-order valence-electron chi connectivity index (χ4n) is 7.11. The molecule has 0 aliphatic carbocycles. The van der Waals surface area contributed by atoms with Crippen LogP contribution in [0.15, 0.2) is 36.4 Å². The molecule has 0 amide bonds. The second-order valence-corrected chi connectivity index (χ2v) is 14.5. The SMILES string of the molecule is COc1ccc(OC)c([Si](c2c(OC)ccc(OC)c2C)(c2c(OC)ccc(OC)c2C)[c-]2c(C)c(C)c(C)c2C)c1C.[Cl-].[Cl-].[Cl-].[Ti+4]. The molecule has 47 heavy (non-hydrogen) atoms. The van der Waals surface area contributed by atoms with Crippen LogP contribution in [-0.4, -0.2) is 50.7 Å². The van der Waals surface area contributed by atoms with E-state index in [4.69, 9.17) is 28.4 Å². The van der Waals surface area contributed by atoms with Crippen molar-refractivity contribution in [1.82, 2.24) is 0 Å². The number of hydrogen-bond donors (Lipinski definition) is 0. The summed E-state index contributed by atoms with van der Waals surface area (Å²) in [7, 11) is 6.85. The molecule has 0 bridgehead atoms. The Morgan fingerprint density at radius 1 is 0.383 bits per heavy atom. The van der Waals surface area contributed by atoms with E-state index in [1.165, 1.54) is 27.4 Å². The van der Waals surface area contributed by atoms with Crippen LogP contribution < -0.4 is 86.4 Å². The maximum atomic E-state index is 6.29. The average Bonchev–Trinajstić information content (AvgIpc) is 3.20. The van der Waals surface area contributed by atoms with E-state index in [1.807, 2.05) is 36.4 Å². The quantitative estimate of drug-likeness (QED) is 0.0937. The summed E-state index contributed by atoms with van der Waals surface area (Å²) in [6.45, 7) is 15.3. The maximum absolute atomic E-state index is 6.29. The van der Waals surface area contributed by atoms with Crippen LogP contribution in [0.5, 0.6) is 34.5 Å². The zero-order chi connectivity index (χ0) is 31.8. The topological polar surface area (TPSA) is 55.4 Å². The Hall–Kier alpha value is -2.39. The summed E-state index contributed by atoms with van der Waals surface area (Å²) < 4.78 is 36.9. The predicted octanol–water partition coefficient (Wildman–Crippen LogP) is -4.00.